The zero-order valence-electron chi connectivity index (χ0n) is 9.12. The van der Waals surface area contributed by atoms with Gasteiger partial charge in [0.15, 0.2) is 0 Å². The number of sulfonamides is 1. The second-order valence-electron chi connectivity index (χ2n) is 3.48. The number of aryl methyl sites for hydroxylation is 1. The molecule has 1 N–H and O–H groups in total. The molecule has 1 heterocycles. The number of carboxylic acid groups (broad SMARTS) is 1. The maximum absolute atomic E-state index is 11.9. The van der Waals surface area contributed by atoms with Gasteiger partial charge in [0.1, 0.15) is 0 Å². The quantitative estimate of drug-likeness (QED) is 0.800. The summed E-state index contributed by atoms with van der Waals surface area (Å²) in [7, 11) is -0.480. The zero-order valence-corrected chi connectivity index (χ0v) is 9.94. The van der Waals surface area contributed by atoms with Crippen molar-refractivity contribution in [3.8, 4) is 0 Å². The summed E-state index contributed by atoms with van der Waals surface area (Å²) < 4.78 is 26.4. The molecule has 0 spiro atoms. The Morgan fingerprint density at radius 1 is 1.56 bits per heavy atom. The summed E-state index contributed by atoms with van der Waals surface area (Å²) >= 11 is 0. The summed E-state index contributed by atoms with van der Waals surface area (Å²) in [6.45, 7) is -0.0352. The number of hydrogen-bond acceptors (Lipinski definition) is 3. The normalized spacial score (nSPS) is 11.9. The summed E-state index contributed by atoms with van der Waals surface area (Å²) in [5.41, 5.74) is 0. The van der Waals surface area contributed by atoms with Crippen LogP contribution >= 0.6 is 0 Å². The van der Waals surface area contributed by atoms with Gasteiger partial charge in [-0.15, -0.1) is 0 Å². The smallest absolute Gasteiger partial charge is 0.304 e. The van der Waals surface area contributed by atoms with Crippen LogP contribution < -0.4 is 0 Å². The molecule has 0 aliphatic carbocycles. The topological polar surface area (TPSA) is 79.6 Å². The lowest BCUT2D eigenvalue weighted by atomic mass is 10.4. The lowest BCUT2D eigenvalue weighted by Crippen LogP contribution is -2.29. The first-order valence-electron chi connectivity index (χ1n) is 4.64. The van der Waals surface area contributed by atoms with Crippen LogP contribution in [0.25, 0.3) is 0 Å². The lowest BCUT2D eigenvalue weighted by Gasteiger charge is -2.14. The van der Waals surface area contributed by atoms with E-state index in [4.69, 9.17) is 5.11 Å². The molecule has 0 aliphatic rings. The minimum atomic E-state index is -3.56. The van der Waals surface area contributed by atoms with Crippen LogP contribution in [0.3, 0.4) is 0 Å². The van der Waals surface area contributed by atoms with Crippen molar-refractivity contribution in [1.82, 2.24) is 8.87 Å². The molecule has 1 rings (SSSR count). The highest BCUT2D eigenvalue weighted by Crippen LogP contribution is 2.14. The van der Waals surface area contributed by atoms with E-state index < -0.39 is 16.0 Å². The third-order valence-electron chi connectivity index (χ3n) is 2.15. The first-order valence-corrected chi connectivity index (χ1v) is 6.08. The van der Waals surface area contributed by atoms with Gasteiger partial charge >= 0.3 is 5.97 Å². The van der Waals surface area contributed by atoms with Crippen LogP contribution in [0.15, 0.2) is 23.4 Å². The Labute approximate surface area is 94.2 Å². The van der Waals surface area contributed by atoms with E-state index in [0.717, 1.165) is 4.31 Å². The van der Waals surface area contributed by atoms with Crippen molar-refractivity contribution in [2.45, 2.75) is 11.3 Å². The minimum Gasteiger partial charge on any atom is -0.481 e. The van der Waals surface area contributed by atoms with Gasteiger partial charge in [0.05, 0.1) is 11.3 Å². The standard InChI is InChI=1S/C9H14N2O4S/c1-10-5-3-8(7-10)16(14,15)11(2)6-4-9(12)13/h3,5,7H,4,6H2,1-2H3,(H,12,13). The van der Waals surface area contributed by atoms with Gasteiger partial charge in [-0.2, -0.15) is 0 Å². The van der Waals surface area contributed by atoms with Crippen LogP contribution in [0.1, 0.15) is 6.42 Å². The van der Waals surface area contributed by atoms with Crippen LogP contribution in [-0.2, 0) is 21.9 Å². The Balaban J connectivity index is 2.82. The third-order valence-corrected chi connectivity index (χ3v) is 3.99. The molecule has 0 aromatic carbocycles. The van der Waals surface area contributed by atoms with Crippen molar-refractivity contribution in [2.24, 2.45) is 7.05 Å². The lowest BCUT2D eigenvalue weighted by molar-refractivity contribution is -0.137. The number of carbonyl (C=O) groups is 1. The van der Waals surface area contributed by atoms with Crippen LogP contribution in [-0.4, -0.2) is 42.0 Å². The van der Waals surface area contributed by atoms with E-state index >= 15 is 0 Å². The SMILES string of the molecule is CN(CCC(=O)O)S(=O)(=O)c1ccn(C)c1. The van der Waals surface area contributed by atoms with Crippen LogP contribution in [0.5, 0.6) is 0 Å². The van der Waals surface area contributed by atoms with Gasteiger partial charge in [-0.1, -0.05) is 0 Å². The average Bonchev–Trinajstić information content (AvgIpc) is 2.61. The number of aromatic nitrogens is 1. The van der Waals surface area contributed by atoms with Gasteiger partial charge < -0.3 is 9.67 Å². The van der Waals surface area contributed by atoms with Gasteiger partial charge in [0.25, 0.3) is 0 Å². The Kier molecular flexibility index (Phi) is 3.71. The molecule has 90 valence electrons. The maximum atomic E-state index is 11.9. The largest absolute Gasteiger partial charge is 0.481 e. The minimum absolute atomic E-state index is 0.0352. The summed E-state index contributed by atoms with van der Waals surface area (Å²) in [5, 5.41) is 8.48. The van der Waals surface area contributed by atoms with Gasteiger partial charge in [-0.3, -0.25) is 4.79 Å². The monoisotopic (exact) mass is 246 g/mol. The fourth-order valence-corrected chi connectivity index (χ4v) is 2.41. The third kappa shape index (κ3) is 2.83. The zero-order chi connectivity index (χ0) is 12.3. The van der Waals surface area contributed by atoms with Gasteiger partial charge in [-0.25, -0.2) is 12.7 Å². The van der Waals surface area contributed by atoms with Crippen molar-refractivity contribution in [3.63, 3.8) is 0 Å². The van der Waals surface area contributed by atoms with E-state index in [9.17, 15) is 13.2 Å². The number of hydrogen-bond donors (Lipinski definition) is 1. The molecule has 1 aromatic heterocycles. The van der Waals surface area contributed by atoms with Crippen molar-refractivity contribution >= 4 is 16.0 Å². The molecule has 0 amide bonds. The maximum Gasteiger partial charge on any atom is 0.304 e. The first-order chi connectivity index (χ1) is 7.34. The van der Waals surface area contributed by atoms with Gasteiger partial charge in [0, 0.05) is 33.0 Å². The Hall–Kier alpha value is -1.34. The first kappa shape index (κ1) is 12.7. The highest BCUT2D eigenvalue weighted by molar-refractivity contribution is 7.89. The Morgan fingerprint density at radius 2 is 2.19 bits per heavy atom. The van der Waals surface area contributed by atoms with Crippen LogP contribution in [0.2, 0.25) is 0 Å². The molecule has 7 heteroatoms. The highest BCUT2D eigenvalue weighted by Gasteiger charge is 2.21. The highest BCUT2D eigenvalue weighted by atomic mass is 32.2. The number of rotatable bonds is 5. The number of nitrogens with zero attached hydrogens (tertiary/aromatic N) is 2. The predicted octanol–water partition coefficient (Wildman–Crippen LogP) is 0.120. The summed E-state index contributed by atoms with van der Waals surface area (Å²) in [5.74, 6) is -1.02. The molecule has 0 saturated heterocycles. The molecule has 0 fully saturated rings. The second-order valence-corrected chi connectivity index (χ2v) is 5.53. The molecule has 0 bridgehead atoms. The molecule has 1 aromatic rings. The second kappa shape index (κ2) is 4.67. The van der Waals surface area contributed by atoms with Gasteiger partial charge in [0.2, 0.25) is 10.0 Å². The molecule has 16 heavy (non-hydrogen) atoms. The van der Waals surface area contributed by atoms with Crippen molar-refractivity contribution in [3.05, 3.63) is 18.5 Å². The molecule has 0 aliphatic heterocycles. The van der Waals surface area contributed by atoms with Crippen molar-refractivity contribution in [2.75, 3.05) is 13.6 Å². The molecule has 6 nitrogen and oxygen atoms in total. The van der Waals surface area contributed by atoms with E-state index in [0.29, 0.717) is 0 Å². The average molecular weight is 246 g/mol. The summed E-state index contributed by atoms with van der Waals surface area (Å²) in [6, 6.07) is 1.48. The van der Waals surface area contributed by atoms with Crippen LogP contribution in [0, 0.1) is 0 Å². The molecule has 0 atom stereocenters. The molecular formula is C9H14N2O4S. The van der Waals surface area contributed by atoms with E-state index in [1.165, 1.54) is 19.3 Å². The fraction of sp³-hybridized carbons (Fsp3) is 0.444. The summed E-state index contributed by atoms with van der Waals surface area (Å²) in [6.07, 6.45) is 2.90. The van der Waals surface area contributed by atoms with E-state index in [-0.39, 0.29) is 17.9 Å². The van der Waals surface area contributed by atoms with E-state index in [1.807, 2.05) is 0 Å². The summed E-state index contributed by atoms with van der Waals surface area (Å²) in [4.78, 5) is 10.5. The Morgan fingerprint density at radius 3 is 2.62 bits per heavy atom. The molecule has 0 saturated carbocycles. The van der Waals surface area contributed by atoms with E-state index in [1.54, 1.807) is 17.8 Å². The molecule has 0 radical (unpaired) electrons. The van der Waals surface area contributed by atoms with Crippen molar-refractivity contribution in [1.29, 1.82) is 0 Å². The predicted molar refractivity (Wildman–Crippen MR) is 57.5 cm³/mol. The molecule has 0 unspecified atom stereocenters. The Bertz CT molecular complexity index is 477. The van der Waals surface area contributed by atoms with Gasteiger partial charge in [-0.05, 0) is 6.07 Å². The molecular weight excluding hydrogens is 232 g/mol. The fourth-order valence-electron chi connectivity index (χ4n) is 1.18. The van der Waals surface area contributed by atoms with E-state index in [2.05, 4.69) is 0 Å². The van der Waals surface area contributed by atoms with Crippen LogP contribution in [0.4, 0.5) is 0 Å². The van der Waals surface area contributed by atoms with Crippen molar-refractivity contribution < 1.29 is 18.3 Å². The number of aliphatic carboxylic acids is 1. The number of carboxylic acids is 1.